The molecule has 1 aliphatic rings. The van der Waals surface area contributed by atoms with Gasteiger partial charge in [0.25, 0.3) is 0 Å². The van der Waals surface area contributed by atoms with Crippen molar-refractivity contribution in [3.8, 4) is 0 Å². The molecule has 0 saturated heterocycles. The second-order valence-corrected chi connectivity index (χ2v) is 5.51. The summed E-state index contributed by atoms with van der Waals surface area (Å²) in [6, 6.07) is 0.110. The summed E-state index contributed by atoms with van der Waals surface area (Å²) in [5, 5.41) is 15.3. The number of nitrogens with zero attached hydrogens (tertiary/aromatic N) is 3. The van der Waals surface area contributed by atoms with Crippen LogP contribution in [0.5, 0.6) is 0 Å². The van der Waals surface area contributed by atoms with Crippen LogP contribution in [0.15, 0.2) is 12.4 Å². The molecule has 2 amide bonds. The lowest BCUT2D eigenvalue weighted by molar-refractivity contribution is -0.137. The largest absolute Gasteiger partial charge is 0.480 e. The van der Waals surface area contributed by atoms with Gasteiger partial charge in [0.15, 0.2) is 0 Å². The molecule has 0 bridgehead atoms. The Balaban J connectivity index is 1.90. The molecule has 0 aliphatic heterocycles. The molecule has 0 unspecified atom stereocenters. The van der Waals surface area contributed by atoms with Crippen LogP contribution in [0.1, 0.15) is 38.5 Å². The van der Waals surface area contributed by atoms with E-state index in [1.54, 1.807) is 4.90 Å². The molecule has 1 fully saturated rings. The maximum absolute atomic E-state index is 12.2. The molecule has 0 radical (unpaired) electrons. The average Bonchev–Trinajstić information content (AvgIpc) is 2.71. The number of aromatic nitrogens is 2. The molecule has 7 nitrogen and oxygen atoms in total. The lowest BCUT2D eigenvalue weighted by Gasteiger charge is -2.27. The number of carbonyl (C=O) groups excluding carboxylic acids is 1. The van der Waals surface area contributed by atoms with Gasteiger partial charge in [-0.25, -0.2) is 4.79 Å². The van der Waals surface area contributed by atoms with E-state index in [4.69, 9.17) is 5.11 Å². The Morgan fingerprint density at radius 2 is 2.05 bits per heavy atom. The monoisotopic (exact) mass is 294 g/mol. The minimum Gasteiger partial charge on any atom is -0.480 e. The van der Waals surface area contributed by atoms with Gasteiger partial charge in [-0.05, 0) is 12.8 Å². The predicted molar refractivity (Wildman–Crippen MR) is 78.1 cm³/mol. The van der Waals surface area contributed by atoms with E-state index in [2.05, 4.69) is 10.4 Å². The standard InChI is InChI=1S/C14H22N4O3/c1-17(12-6-4-2-3-5-7-12)14(21)16-11-8-15-18(9-11)10-13(19)20/h8-9,12H,2-7,10H2,1H3,(H,16,21)(H,19,20). The third-order valence-electron chi connectivity index (χ3n) is 3.87. The number of aliphatic carboxylic acids is 1. The van der Waals surface area contributed by atoms with Crippen LogP contribution < -0.4 is 5.32 Å². The van der Waals surface area contributed by atoms with Crippen molar-refractivity contribution in [1.29, 1.82) is 0 Å². The number of hydrogen-bond donors (Lipinski definition) is 2. The number of rotatable bonds is 4. The summed E-state index contributed by atoms with van der Waals surface area (Å²) in [4.78, 5) is 24.6. The first-order valence-corrected chi connectivity index (χ1v) is 7.34. The van der Waals surface area contributed by atoms with Crippen molar-refractivity contribution in [2.24, 2.45) is 0 Å². The number of anilines is 1. The Morgan fingerprint density at radius 1 is 1.38 bits per heavy atom. The van der Waals surface area contributed by atoms with Gasteiger partial charge in [-0.3, -0.25) is 9.48 Å². The van der Waals surface area contributed by atoms with Gasteiger partial charge >= 0.3 is 12.0 Å². The molecule has 21 heavy (non-hydrogen) atoms. The molecular formula is C14H22N4O3. The normalized spacial score (nSPS) is 16.2. The molecule has 0 spiro atoms. The van der Waals surface area contributed by atoms with Crippen molar-refractivity contribution in [3.63, 3.8) is 0 Å². The Labute approximate surface area is 123 Å². The Bertz CT molecular complexity index is 492. The number of nitrogens with one attached hydrogen (secondary N) is 1. The van der Waals surface area contributed by atoms with Crippen LogP contribution in [-0.2, 0) is 11.3 Å². The minimum absolute atomic E-state index is 0.170. The van der Waals surface area contributed by atoms with Crippen molar-refractivity contribution < 1.29 is 14.7 Å². The van der Waals surface area contributed by atoms with Gasteiger partial charge in [-0.1, -0.05) is 25.7 Å². The van der Waals surface area contributed by atoms with Gasteiger partial charge in [-0.15, -0.1) is 0 Å². The fourth-order valence-corrected chi connectivity index (χ4v) is 2.68. The highest BCUT2D eigenvalue weighted by molar-refractivity contribution is 5.89. The summed E-state index contributed by atoms with van der Waals surface area (Å²) in [6.07, 6.45) is 9.89. The summed E-state index contributed by atoms with van der Waals surface area (Å²) >= 11 is 0. The number of urea groups is 1. The molecule has 116 valence electrons. The molecule has 0 aromatic carbocycles. The number of carboxylic acid groups (broad SMARTS) is 1. The number of carboxylic acids is 1. The SMILES string of the molecule is CN(C(=O)Nc1cnn(CC(=O)O)c1)C1CCCCCC1. The van der Waals surface area contributed by atoms with Crippen LogP contribution in [0.25, 0.3) is 0 Å². The number of hydrogen-bond acceptors (Lipinski definition) is 3. The first kappa shape index (κ1) is 15.3. The Morgan fingerprint density at radius 3 is 2.67 bits per heavy atom. The molecule has 7 heteroatoms. The average molecular weight is 294 g/mol. The molecule has 1 heterocycles. The van der Waals surface area contributed by atoms with Gasteiger partial charge in [0.05, 0.1) is 11.9 Å². The van der Waals surface area contributed by atoms with Gasteiger partial charge in [0.2, 0.25) is 0 Å². The van der Waals surface area contributed by atoms with Gasteiger partial charge in [0, 0.05) is 19.3 Å². The Kier molecular flexibility index (Phi) is 5.19. The zero-order valence-electron chi connectivity index (χ0n) is 12.3. The number of amides is 2. The fourth-order valence-electron chi connectivity index (χ4n) is 2.68. The topological polar surface area (TPSA) is 87.5 Å². The van der Waals surface area contributed by atoms with Gasteiger partial charge < -0.3 is 15.3 Å². The lowest BCUT2D eigenvalue weighted by Crippen LogP contribution is -2.39. The summed E-state index contributed by atoms with van der Waals surface area (Å²) < 4.78 is 1.28. The van der Waals surface area contributed by atoms with Gasteiger partial charge in [-0.2, -0.15) is 5.10 Å². The third-order valence-corrected chi connectivity index (χ3v) is 3.87. The van der Waals surface area contributed by atoms with Crippen LogP contribution in [0.2, 0.25) is 0 Å². The van der Waals surface area contributed by atoms with E-state index in [-0.39, 0.29) is 18.6 Å². The van der Waals surface area contributed by atoms with E-state index in [1.807, 2.05) is 7.05 Å². The smallest absolute Gasteiger partial charge is 0.325 e. The molecule has 1 saturated carbocycles. The Hall–Kier alpha value is -2.05. The van der Waals surface area contributed by atoms with E-state index in [1.165, 1.54) is 42.8 Å². The summed E-state index contributed by atoms with van der Waals surface area (Å²) in [5.41, 5.74) is 0.515. The summed E-state index contributed by atoms with van der Waals surface area (Å²) in [6.45, 7) is -0.214. The van der Waals surface area contributed by atoms with Gasteiger partial charge in [0.1, 0.15) is 6.54 Å². The van der Waals surface area contributed by atoms with E-state index >= 15 is 0 Å². The minimum atomic E-state index is -0.966. The second-order valence-electron chi connectivity index (χ2n) is 5.51. The maximum atomic E-state index is 12.2. The summed E-state index contributed by atoms with van der Waals surface area (Å²) in [5.74, 6) is -0.966. The van der Waals surface area contributed by atoms with Crippen LogP contribution in [0, 0.1) is 0 Å². The van der Waals surface area contributed by atoms with Crippen molar-refractivity contribution in [2.75, 3.05) is 12.4 Å². The molecule has 1 aliphatic carbocycles. The number of carbonyl (C=O) groups is 2. The zero-order chi connectivity index (χ0) is 15.2. The summed E-state index contributed by atoms with van der Waals surface area (Å²) in [7, 11) is 1.81. The molecule has 1 aromatic heterocycles. The fraction of sp³-hybridized carbons (Fsp3) is 0.643. The first-order chi connectivity index (χ1) is 10.1. The molecule has 0 atom stereocenters. The van der Waals surface area contributed by atoms with Crippen molar-refractivity contribution >= 4 is 17.7 Å². The molecule has 2 N–H and O–H groups in total. The molecule has 1 aromatic rings. The van der Waals surface area contributed by atoms with E-state index in [0.717, 1.165) is 12.8 Å². The van der Waals surface area contributed by atoms with Crippen molar-refractivity contribution in [3.05, 3.63) is 12.4 Å². The highest BCUT2D eigenvalue weighted by Crippen LogP contribution is 2.21. The first-order valence-electron chi connectivity index (χ1n) is 7.34. The second kappa shape index (κ2) is 7.10. The quantitative estimate of drug-likeness (QED) is 0.833. The highest BCUT2D eigenvalue weighted by atomic mass is 16.4. The van der Waals surface area contributed by atoms with Crippen LogP contribution in [-0.4, -0.2) is 44.9 Å². The lowest BCUT2D eigenvalue weighted by atomic mass is 10.1. The van der Waals surface area contributed by atoms with E-state index in [9.17, 15) is 9.59 Å². The predicted octanol–water partition coefficient (Wildman–Crippen LogP) is 2.15. The molecule has 2 rings (SSSR count). The van der Waals surface area contributed by atoms with Crippen molar-refractivity contribution in [2.45, 2.75) is 51.1 Å². The molecular weight excluding hydrogens is 272 g/mol. The van der Waals surface area contributed by atoms with Crippen molar-refractivity contribution in [1.82, 2.24) is 14.7 Å². The van der Waals surface area contributed by atoms with Crippen LogP contribution in [0.4, 0.5) is 10.5 Å². The van der Waals surface area contributed by atoms with Crippen LogP contribution in [0.3, 0.4) is 0 Å². The van der Waals surface area contributed by atoms with Crippen LogP contribution >= 0.6 is 0 Å². The maximum Gasteiger partial charge on any atom is 0.325 e. The van der Waals surface area contributed by atoms with E-state index < -0.39 is 5.97 Å². The highest BCUT2D eigenvalue weighted by Gasteiger charge is 2.21. The zero-order valence-corrected chi connectivity index (χ0v) is 12.3. The third kappa shape index (κ3) is 4.47. The van der Waals surface area contributed by atoms with E-state index in [0.29, 0.717) is 5.69 Å².